The summed E-state index contributed by atoms with van der Waals surface area (Å²) in [6.45, 7) is 1.33. The number of fused-ring (bicyclic) bond motifs is 3. The van der Waals surface area contributed by atoms with E-state index in [-0.39, 0.29) is 30.8 Å². The minimum atomic E-state index is -0.118. The second-order valence-electron chi connectivity index (χ2n) is 6.77. The van der Waals surface area contributed by atoms with Gasteiger partial charge in [0.05, 0.1) is 19.0 Å². The lowest BCUT2D eigenvalue weighted by atomic mass is 9.90. The van der Waals surface area contributed by atoms with Gasteiger partial charge in [0.25, 0.3) is 0 Å². The highest BCUT2D eigenvalue weighted by Gasteiger charge is 2.38. The molecular weight excluding hydrogens is 371 g/mol. The van der Waals surface area contributed by atoms with Gasteiger partial charge in [0.2, 0.25) is 11.8 Å². The Morgan fingerprint density at radius 2 is 1.81 bits per heavy atom. The van der Waals surface area contributed by atoms with E-state index in [9.17, 15) is 9.59 Å². The van der Waals surface area contributed by atoms with E-state index in [1.807, 2.05) is 35.2 Å². The van der Waals surface area contributed by atoms with Crippen molar-refractivity contribution >= 4 is 35.0 Å². The Balaban J connectivity index is 1.56. The van der Waals surface area contributed by atoms with Crippen molar-refractivity contribution in [2.75, 3.05) is 19.6 Å². The van der Waals surface area contributed by atoms with Gasteiger partial charge in [-0.15, -0.1) is 0 Å². The minimum absolute atomic E-state index is 0.00340. The molecule has 2 aliphatic heterocycles. The van der Waals surface area contributed by atoms with Crippen LogP contribution in [-0.2, 0) is 22.4 Å². The van der Waals surface area contributed by atoms with Crippen LogP contribution in [0, 0.1) is 0 Å². The number of hydrogen-bond acceptors (Lipinski definition) is 2. The number of piperazine rings is 1. The molecule has 2 heterocycles. The van der Waals surface area contributed by atoms with Crippen molar-refractivity contribution in [3.05, 3.63) is 69.2 Å². The maximum atomic E-state index is 12.7. The van der Waals surface area contributed by atoms with Crippen LogP contribution < -0.4 is 0 Å². The first-order valence-electron chi connectivity index (χ1n) is 8.61. The van der Waals surface area contributed by atoms with Crippen LogP contribution in [0.15, 0.2) is 42.5 Å². The third kappa shape index (κ3) is 3.31. The summed E-state index contributed by atoms with van der Waals surface area (Å²) in [5, 5.41) is 1.29. The molecule has 2 aromatic rings. The predicted molar refractivity (Wildman–Crippen MR) is 101 cm³/mol. The fourth-order valence-electron chi connectivity index (χ4n) is 3.77. The van der Waals surface area contributed by atoms with E-state index in [1.165, 1.54) is 5.56 Å². The summed E-state index contributed by atoms with van der Waals surface area (Å²) in [5.74, 6) is -0.0502. The number of benzene rings is 2. The fraction of sp³-hybridized carbons (Fsp3) is 0.300. The van der Waals surface area contributed by atoms with Gasteiger partial charge in [-0.1, -0.05) is 41.4 Å². The number of carbonyl (C=O) groups excluding carboxylic acids is 2. The molecule has 0 aromatic heterocycles. The molecule has 1 saturated heterocycles. The molecule has 4 rings (SSSR count). The lowest BCUT2D eigenvalue weighted by molar-refractivity contribution is -0.149. The third-order valence-corrected chi connectivity index (χ3v) is 5.61. The van der Waals surface area contributed by atoms with E-state index in [1.54, 1.807) is 17.0 Å². The second-order valence-corrected chi connectivity index (χ2v) is 7.65. The Morgan fingerprint density at radius 1 is 1.08 bits per heavy atom. The van der Waals surface area contributed by atoms with Crippen LogP contribution in [0.5, 0.6) is 0 Å². The summed E-state index contributed by atoms with van der Waals surface area (Å²) >= 11 is 12.1. The van der Waals surface area contributed by atoms with Gasteiger partial charge in [-0.2, -0.15) is 0 Å². The summed E-state index contributed by atoms with van der Waals surface area (Å²) in [6.07, 6.45) is 1.09. The topological polar surface area (TPSA) is 40.6 Å². The standard InChI is InChI=1S/C20H18Cl2N2O2/c21-15-4-1-13(2-5-15)9-19(25)23-11-18-17-10-16(22)6-3-14(17)7-8-24(18)20(26)12-23/h1-6,10,18H,7-9,11-12H2. The van der Waals surface area contributed by atoms with Crippen LogP contribution in [0.2, 0.25) is 10.0 Å². The van der Waals surface area contributed by atoms with Crippen molar-refractivity contribution in [3.63, 3.8) is 0 Å². The molecule has 1 fully saturated rings. The smallest absolute Gasteiger partial charge is 0.242 e. The van der Waals surface area contributed by atoms with Gasteiger partial charge < -0.3 is 9.80 Å². The van der Waals surface area contributed by atoms with Gasteiger partial charge in [-0.25, -0.2) is 0 Å². The van der Waals surface area contributed by atoms with Gasteiger partial charge in [-0.3, -0.25) is 9.59 Å². The zero-order valence-corrected chi connectivity index (χ0v) is 15.6. The van der Waals surface area contributed by atoms with Gasteiger partial charge >= 0.3 is 0 Å². The van der Waals surface area contributed by atoms with Crippen molar-refractivity contribution in [2.45, 2.75) is 18.9 Å². The number of rotatable bonds is 2. The molecule has 0 bridgehead atoms. The predicted octanol–water partition coefficient (Wildman–Crippen LogP) is 3.50. The first-order chi connectivity index (χ1) is 12.5. The molecule has 0 spiro atoms. The number of amides is 2. The number of nitrogens with zero attached hydrogens (tertiary/aromatic N) is 2. The number of hydrogen-bond donors (Lipinski definition) is 0. The molecule has 0 saturated carbocycles. The molecule has 2 amide bonds. The highest BCUT2D eigenvalue weighted by molar-refractivity contribution is 6.30. The van der Waals surface area contributed by atoms with Gasteiger partial charge in [-0.05, 0) is 47.4 Å². The van der Waals surface area contributed by atoms with Crippen molar-refractivity contribution < 1.29 is 9.59 Å². The van der Waals surface area contributed by atoms with E-state index in [4.69, 9.17) is 23.2 Å². The quantitative estimate of drug-likeness (QED) is 0.789. The highest BCUT2D eigenvalue weighted by atomic mass is 35.5. The molecule has 4 nitrogen and oxygen atoms in total. The van der Waals surface area contributed by atoms with E-state index in [0.29, 0.717) is 23.1 Å². The molecule has 0 N–H and O–H groups in total. The van der Waals surface area contributed by atoms with Crippen molar-refractivity contribution in [1.82, 2.24) is 9.80 Å². The average Bonchev–Trinajstić information content (AvgIpc) is 2.63. The monoisotopic (exact) mass is 388 g/mol. The number of halogens is 2. The van der Waals surface area contributed by atoms with Crippen molar-refractivity contribution in [2.24, 2.45) is 0 Å². The maximum absolute atomic E-state index is 12.7. The summed E-state index contributed by atoms with van der Waals surface area (Å²) in [4.78, 5) is 28.9. The Kier molecular flexibility index (Phi) is 4.63. The largest absolute Gasteiger partial charge is 0.332 e. The van der Waals surface area contributed by atoms with Crippen LogP contribution in [0.1, 0.15) is 22.7 Å². The number of carbonyl (C=O) groups is 2. The molecule has 26 heavy (non-hydrogen) atoms. The van der Waals surface area contributed by atoms with E-state index < -0.39 is 0 Å². The Bertz CT molecular complexity index is 867. The van der Waals surface area contributed by atoms with Gasteiger partial charge in [0.15, 0.2) is 0 Å². The molecule has 0 aliphatic carbocycles. The zero-order valence-electron chi connectivity index (χ0n) is 14.1. The van der Waals surface area contributed by atoms with E-state index in [2.05, 4.69) is 0 Å². The van der Waals surface area contributed by atoms with Crippen LogP contribution in [-0.4, -0.2) is 41.2 Å². The molecule has 6 heteroatoms. The fourth-order valence-corrected chi connectivity index (χ4v) is 4.08. The first-order valence-corrected chi connectivity index (χ1v) is 9.37. The van der Waals surface area contributed by atoms with Crippen LogP contribution in [0.3, 0.4) is 0 Å². The highest BCUT2D eigenvalue weighted by Crippen LogP contribution is 2.34. The molecule has 2 aromatic carbocycles. The molecule has 0 radical (unpaired) electrons. The van der Waals surface area contributed by atoms with E-state index >= 15 is 0 Å². The van der Waals surface area contributed by atoms with Gasteiger partial charge in [0, 0.05) is 23.1 Å². The normalized spacial score (nSPS) is 19.2. The second kappa shape index (κ2) is 6.93. The molecular formula is C20H18Cl2N2O2. The molecule has 134 valence electrons. The SMILES string of the molecule is O=C(Cc1ccc(Cl)cc1)N1CC(=O)N2CCc3ccc(Cl)cc3C2C1. The lowest BCUT2D eigenvalue weighted by Gasteiger charge is -2.44. The Morgan fingerprint density at radius 3 is 2.58 bits per heavy atom. The first kappa shape index (κ1) is 17.4. The van der Waals surface area contributed by atoms with Crippen LogP contribution >= 0.6 is 23.2 Å². The molecule has 1 unspecified atom stereocenters. The minimum Gasteiger partial charge on any atom is -0.332 e. The Hall–Kier alpha value is -2.04. The molecule has 2 aliphatic rings. The van der Waals surface area contributed by atoms with Crippen molar-refractivity contribution in [3.8, 4) is 0 Å². The lowest BCUT2D eigenvalue weighted by Crippen LogP contribution is -2.56. The summed E-state index contributed by atoms with van der Waals surface area (Å²) < 4.78 is 0. The van der Waals surface area contributed by atoms with Crippen LogP contribution in [0.4, 0.5) is 0 Å². The van der Waals surface area contributed by atoms with Crippen molar-refractivity contribution in [1.29, 1.82) is 0 Å². The summed E-state index contributed by atoms with van der Waals surface area (Å²) in [6, 6.07) is 12.9. The molecule has 1 atom stereocenters. The van der Waals surface area contributed by atoms with E-state index in [0.717, 1.165) is 17.5 Å². The van der Waals surface area contributed by atoms with Gasteiger partial charge in [0.1, 0.15) is 0 Å². The summed E-state index contributed by atoms with van der Waals surface area (Å²) in [7, 11) is 0. The average molecular weight is 389 g/mol. The maximum Gasteiger partial charge on any atom is 0.242 e. The Labute approximate surface area is 162 Å². The summed E-state index contributed by atoms with van der Waals surface area (Å²) in [5.41, 5.74) is 3.15. The van der Waals surface area contributed by atoms with Crippen LogP contribution in [0.25, 0.3) is 0 Å². The zero-order chi connectivity index (χ0) is 18.3. The third-order valence-electron chi connectivity index (χ3n) is 5.13.